The van der Waals surface area contributed by atoms with Crippen molar-refractivity contribution in [1.82, 2.24) is 19.9 Å². The molecule has 0 saturated heterocycles. The zero-order chi connectivity index (χ0) is 12.0. The van der Waals surface area contributed by atoms with Gasteiger partial charge in [-0.15, -0.1) is 0 Å². The first-order valence-electron chi connectivity index (χ1n) is 5.52. The lowest BCUT2D eigenvalue weighted by molar-refractivity contribution is 0.726. The van der Waals surface area contributed by atoms with Crippen LogP contribution >= 0.6 is 11.6 Å². The van der Waals surface area contributed by atoms with E-state index in [2.05, 4.69) is 26.9 Å². The molecule has 88 valence electrons. The van der Waals surface area contributed by atoms with Crippen LogP contribution in [-0.2, 0) is 6.42 Å². The van der Waals surface area contributed by atoms with E-state index in [1.54, 1.807) is 0 Å². The summed E-state index contributed by atoms with van der Waals surface area (Å²) in [6.45, 7) is 2.17. The molecule has 0 spiro atoms. The van der Waals surface area contributed by atoms with Crippen molar-refractivity contribution in [3.05, 3.63) is 22.9 Å². The number of aromatic amines is 1. The van der Waals surface area contributed by atoms with E-state index in [1.165, 1.54) is 12.0 Å². The lowest BCUT2D eigenvalue weighted by atomic mass is 10.1. The average molecular weight is 250 g/mol. The van der Waals surface area contributed by atoms with E-state index in [0.29, 0.717) is 28.3 Å². The Morgan fingerprint density at radius 3 is 3.00 bits per heavy atom. The van der Waals surface area contributed by atoms with Crippen molar-refractivity contribution >= 4 is 17.4 Å². The van der Waals surface area contributed by atoms with Crippen molar-refractivity contribution in [2.45, 2.75) is 25.7 Å². The molecule has 0 amide bonds. The Kier molecular flexibility index (Phi) is 2.29. The van der Waals surface area contributed by atoms with Gasteiger partial charge in [0.05, 0.1) is 11.3 Å². The summed E-state index contributed by atoms with van der Waals surface area (Å²) in [5.74, 6) is 1.51. The number of halogens is 1. The number of hydrogen-bond donors (Lipinski definition) is 2. The summed E-state index contributed by atoms with van der Waals surface area (Å²) in [6, 6.07) is 0. The van der Waals surface area contributed by atoms with Gasteiger partial charge in [0.2, 0.25) is 0 Å². The van der Waals surface area contributed by atoms with Crippen LogP contribution in [0.3, 0.4) is 0 Å². The number of hydrogen-bond acceptors (Lipinski definition) is 4. The van der Waals surface area contributed by atoms with E-state index < -0.39 is 0 Å². The van der Waals surface area contributed by atoms with Gasteiger partial charge in [0.15, 0.2) is 0 Å². The Bertz CT molecular complexity index is 557. The van der Waals surface area contributed by atoms with Gasteiger partial charge in [0.1, 0.15) is 23.1 Å². The Hall–Kier alpha value is -1.62. The van der Waals surface area contributed by atoms with Gasteiger partial charge >= 0.3 is 0 Å². The predicted molar refractivity (Wildman–Crippen MR) is 65.8 cm³/mol. The van der Waals surface area contributed by atoms with Crippen LogP contribution in [0.2, 0.25) is 5.15 Å². The predicted octanol–water partition coefficient (Wildman–Crippen LogP) is 2.15. The zero-order valence-electron chi connectivity index (χ0n) is 9.37. The molecule has 17 heavy (non-hydrogen) atoms. The van der Waals surface area contributed by atoms with Crippen LogP contribution in [0, 0.1) is 0 Å². The molecule has 2 aromatic rings. The standard InChI is InChI=1S/C11H12ClN5/c1-5-2-3-6-8(5)17-11(16-6)7-9(12)14-4-15-10(7)13/h4-5H,2-3H2,1H3,(H,16,17)(H2,13,14,15). The first kappa shape index (κ1) is 10.5. The highest BCUT2D eigenvalue weighted by atomic mass is 35.5. The molecule has 6 heteroatoms. The van der Waals surface area contributed by atoms with Gasteiger partial charge in [-0.05, 0) is 12.8 Å². The number of imidazole rings is 1. The minimum atomic E-state index is 0.331. The molecule has 0 aromatic carbocycles. The van der Waals surface area contributed by atoms with E-state index in [4.69, 9.17) is 17.3 Å². The normalized spacial score (nSPS) is 18.4. The zero-order valence-corrected chi connectivity index (χ0v) is 10.1. The molecule has 2 heterocycles. The Morgan fingerprint density at radius 1 is 1.47 bits per heavy atom. The molecular weight excluding hydrogens is 238 g/mol. The van der Waals surface area contributed by atoms with Crippen LogP contribution in [0.5, 0.6) is 0 Å². The molecule has 1 atom stereocenters. The molecule has 1 aliphatic rings. The smallest absolute Gasteiger partial charge is 0.145 e. The molecule has 0 bridgehead atoms. The lowest BCUT2D eigenvalue weighted by Gasteiger charge is -2.03. The van der Waals surface area contributed by atoms with Gasteiger partial charge in [-0.3, -0.25) is 0 Å². The summed E-state index contributed by atoms with van der Waals surface area (Å²) in [5, 5.41) is 0.331. The molecule has 0 aliphatic heterocycles. The Morgan fingerprint density at radius 2 is 2.29 bits per heavy atom. The maximum Gasteiger partial charge on any atom is 0.145 e. The number of H-pyrrole nitrogens is 1. The Balaban J connectivity index is 2.14. The largest absolute Gasteiger partial charge is 0.383 e. The van der Waals surface area contributed by atoms with Crippen LogP contribution in [-0.4, -0.2) is 19.9 Å². The SMILES string of the molecule is CC1CCc2[nH]c(-c3c(N)ncnc3Cl)nc21. The third kappa shape index (κ3) is 1.58. The van der Waals surface area contributed by atoms with Crippen molar-refractivity contribution < 1.29 is 0 Å². The summed E-state index contributed by atoms with van der Waals surface area (Å²) in [4.78, 5) is 15.7. The number of nitrogens with one attached hydrogen (secondary N) is 1. The summed E-state index contributed by atoms with van der Waals surface area (Å²) in [7, 11) is 0. The van der Waals surface area contributed by atoms with E-state index >= 15 is 0 Å². The molecule has 0 radical (unpaired) electrons. The lowest BCUT2D eigenvalue weighted by Crippen LogP contribution is -1.98. The number of rotatable bonds is 1. The van der Waals surface area contributed by atoms with Gasteiger partial charge in [-0.1, -0.05) is 18.5 Å². The highest BCUT2D eigenvalue weighted by Gasteiger charge is 2.25. The fraction of sp³-hybridized carbons (Fsp3) is 0.364. The fourth-order valence-corrected chi connectivity index (χ4v) is 2.46. The molecule has 3 rings (SSSR count). The maximum atomic E-state index is 6.03. The molecule has 3 N–H and O–H groups in total. The monoisotopic (exact) mass is 249 g/mol. The number of aryl methyl sites for hydroxylation is 1. The van der Waals surface area contributed by atoms with Crippen molar-refractivity contribution in [2.24, 2.45) is 0 Å². The molecule has 1 unspecified atom stereocenters. The highest BCUT2D eigenvalue weighted by Crippen LogP contribution is 2.35. The number of nitrogen functional groups attached to an aromatic ring is 1. The van der Waals surface area contributed by atoms with Crippen molar-refractivity contribution in [3.63, 3.8) is 0 Å². The highest BCUT2D eigenvalue weighted by molar-refractivity contribution is 6.32. The second-order valence-electron chi connectivity index (χ2n) is 4.31. The maximum absolute atomic E-state index is 6.03. The van der Waals surface area contributed by atoms with Gasteiger partial charge in [0, 0.05) is 11.6 Å². The summed E-state index contributed by atoms with van der Waals surface area (Å²) in [5.41, 5.74) is 8.69. The third-order valence-corrected chi connectivity index (χ3v) is 3.46. The second-order valence-corrected chi connectivity index (χ2v) is 4.67. The molecule has 0 fully saturated rings. The topological polar surface area (TPSA) is 80.5 Å². The quantitative estimate of drug-likeness (QED) is 0.759. The molecule has 0 saturated carbocycles. The van der Waals surface area contributed by atoms with E-state index in [1.807, 2.05) is 0 Å². The Labute approximate surface area is 103 Å². The summed E-state index contributed by atoms with van der Waals surface area (Å²) >= 11 is 6.03. The molecule has 2 aromatic heterocycles. The van der Waals surface area contributed by atoms with Crippen molar-refractivity contribution in [2.75, 3.05) is 5.73 Å². The molecular formula is C11H12ClN5. The second kappa shape index (κ2) is 3.70. The molecule has 5 nitrogen and oxygen atoms in total. The van der Waals surface area contributed by atoms with E-state index in [-0.39, 0.29) is 0 Å². The van der Waals surface area contributed by atoms with Crippen LogP contribution in [0.15, 0.2) is 6.33 Å². The minimum absolute atomic E-state index is 0.331. The number of aromatic nitrogens is 4. The number of nitrogens with zero attached hydrogens (tertiary/aromatic N) is 3. The van der Waals surface area contributed by atoms with E-state index in [0.717, 1.165) is 18.5 Å². The van der Waals surface area contributed by atoms with Crippen LogP contribution in [0.4, 0.5) is 5.82 Å². The van der Waals surface area contributed by atoms with Crippen LogP contribution < -0.4 is 5.73 Å². The van der Waals surface area contributed by atoms with Gasteiger partial charge in [-0.25, -0.2) is 15.0 Å². The van der Waals surface area contributed by atoms with Gasteiger partial charge in [0.25, 0.3) is 0 Å². The first-order valence-corrected chi connectivity index (χ1v) is 5.89. The van der Waals surface area contributed by atoms with Crippen molar-refractivity contribution in [1.29, 1.82) is 0 Å². The third-order valence-electron chi connectivity index (χ3n) is 3.17. The number of nitrogens with two attached hydrogens (primary N) is 1. The first-order chi connectivity index (χ1) is 8.16. The van der Waals surface area contributed by atoms with E-state index in [9.17, 15) is 0 Å². The number of anilines is 1. The summed E-state index contributed by atoms with van der Waals surface area (Å²) < 4.78 is 0. The number of fused-ring (bicyclic) bond motifs is 1. The van der Waals surface area contributed by atoms with Gasteiger partial charge in [-0.2, -0.15) is 0 Å². The van der Waals surface area contributed by atoms with Crippen LogP contribution in [0.1, 0.15) is 30.7 Å². The van der Waals surface area contributed by atoms with Crippen LogP contribution in [0.25, 0.3) is 11.4 Å². The van der Waals surface area contributed by atoms with Gasteiger partial charge < -0.3 is 10.7 Å². The molecule has 1 aliphatic carbocycles. The minimum Gasteiger partial charge on any atom is -0.383 e. The average Bonchev–Trinajstić information content (AvgIpc) is 2.82. The summed E-state index contributed by atoms with van der Waals surface area (Å²) in [6.07, 6.45) is 3.51. The van der Waals surface area contributed by atoms with Crippen molar-refractivity contribution in [3.8, 4) is 11.4 Å². The fourth-order valence-electron chi connectivity index (χ4n) is 2.23.